The molecule has 3 aliphatic heterocycles. The molecular weight excluding hydrogens is 560 g/mol. The Morgan fingerprint density at radius 3 is 2.31 bits per heavy atom. The lowest BCUT2D eigenvalue weighted by molar-refractivity contribution is -0.277. The van der Waals surface area contributed by atoms with E-state index in [0.717, 1.165) is 6.92 Å². The molecule has 0 radical (unpaired) electrons. The van der Waals surface area contributed by atoms with E-state index in [9.17, 15) is 40.2 Å². The van der Waals surface area contributed by atoms with E-state index < -0.39 is 74.0 Å². The average Bonchev–Trinajstić information content (AvgIpc) is 3.27. The van der Waals surface area contributed by atoms with Gasteiger partial charge in [0.1, 0.15) is 47.8 Å². The molecule has 9 atom stereocenters. The van der Waals surface area contributed by atoms with Gasteiger partial charge in [0.2, 0.25) is 12.6 Å². The molecule has 5 rings (SSSR count). The molecule has 3 heterocycles. The van der Waals surface area contributed by atoms with Gasteiger partial charge < -0.3 is 59.1 Å². The van der Waals surface area contributed by atoms with E-state index >= 15 is 0 Å². The average molecular weight is 593 g/mol. The van der Waals surface area contributed by atoms with Crippen molar-refractivity contribution in [2.45, 2.75) is 68.1 Å². The van der Waals surface area contributed by atoms with E-state index in [1.54, 1.807) is 24.3 Å². The number of rotatable bonds is 8. The Balaban J connectivity index is 1.25. The molecule has 14 heteroatoms. The predicted molar refractivity (Wildman–Crippen MR) is 138 cm³/mol. The van der Waals surface area contributed by atoms with Crippen LogP contribution in [0.15, 0.2) is 42.5 Å². The smallest absolute Gasteiger partial charge is 0.303 e. The standard InChI is InChI=1S/C28H32O14/c1-13(31)42-28(11-30)12-37-27(25(28)36)39-16-6-7-17-18(32)9-19(40-20(17)8-16)14-2-4-15(5-3-14)38-26-24(35)23(34)22(33)21(10-29)41-26/h2-8,19,21-27,29-30,33-36H,9-12H2,1H3/t19?,21?,22-,23+,24?,25-,26-,27+,28?/m1/s1. The minimum absolute atomic E-state index is 0.0476. The Labute approximate surface area is 239 Å². The summed E-state index contributed by atoms with van der Waals surface area (Å²) in [6, 6.07) is 10.9. The van der Waals surface area contributed by atoms with Crippen LogP contribution in [0.4, 0.5) is 0 Å². The SMILES string of the molecule is CC(=O)OC1(CO)CO[C@@H](Oc2ccc3c(c2)OC(c2ccc(O[C@@H]4OC(CO)[C@@H](O)[C@H](O)C4O)cc2)CC3=O)[C@H]1O. The summed E-state index contributed by atoms with van der Waals surface area (Å²) in [6.07, 6.45) is -10.5. The summed E-state index contributed by atoms with van der Waals surface area (Å²) < 4.78 is 33.3. The van der Waals surface area contributed by atoms with Gasteiger partial charge in [0.15, 0.2) is 17.5 Å². The van der Waals surface area contributed by atoms with Crippen LogP contribution >= 0.6 is 0 Å². The number of hydrogen-bond donors (Lipinski definition) is 6. The lowest BCUT2D eigenvalue weighted by atomic mass is 9.96. The maximum atomic E-state index is 12.9. The van der Waals surface area contributed by atoms with Crippen LogP contribution in [0.25, 0.3) is 0 Å². The number of carbonyl (C=O) groups excluding carboxylic acids is 2. The monoisotopic (exact) mass is 592 g/mol. The highest BCUT2D eigenvalue weighted by atomic mass is 16.7. The van der Waals surface area contributed by atoms with Gasteiger partial charge in [0.25, 0.3) is 0 Å². The van der Waals surface area contributed by atoms with Gasteiger partial charge in [-0.15, -0.1) is 0 Å². The second-order valence-electron chi connectivity index (χ2n) is 10.3. The summed E-state index contributed by atoms with van der Waals surface area (Å²) in [5.41, 5.74) is -0.704. The summed E-state index contributed by atoms with van der Waals surface area (Å²) >= 11 is 0. The first-order chi connectivity index (χ1) is 20.0. The topological polar surface area (TPSA) is 211 Å². The van der Waals surface area contributed by atoms with Crippen molar-refractivity contribution in [3.8, 4) is 17.2 Å². The number of ketones is 1. The minimum Gasteiger partial charge on any atom is -0.484 e. The van der Waals surface area contributed by atoms with Crippen molar-refractivity contribution in [2.75, 3.05) is 19.8 Å². The van der Waals surface area contributed by atoms with Gasteiger partial charge in [-0.2, -0.15) is 0 Å². The summed E-state index contributed by atoms with van der Waals surface area (Å²) in [5.74, 6) is -0.195. The van der Waals surface area contributed by atoms with E-state index in [1.165, 1.54) is 18.2 Å². The number of aliphatic hydroxyl groups is 6. The van der Waals surface area contributed by atoms with Gasteiger partial charge in [0.05, 0.1) is 31.8 Å². The van der Waals surface area contributed by atoms with Crippen molar-refractivity contribution in [2.24, 2.45) is 0 Å². The molecular formula is C28H32O14. The predicted octanol–water partition coefficient (Wildman–Crippen LogP) is -1.04. The Morgan fingerprint density at radius 1 is 0.952 bits per heavy atom. The van der Waals surface area contributed by atoms with Crippen molar-refractivity contribution >= 4 is 11.8 Å². The molecule has 0 saturated carbocycles. The number of carbonyl (C=O) groups is 2. The van der Waals surface area contributed by atoms with Crippen LogP contribution in [0.3, 0.4) is 0 Å². The Bertz CT molecular complexity index is 1280. The fourth-order valence-corrected chi connectivity index (χ4v) is 5.05. The maximum absolute atomic E-state index is 12.9. The number of fused-ring (bicyclic) bond motifs is 1. The summed E-state index contributed by atoms with van der Waals surface area (Å²) in [5, 5.41) is 59.8. The molecule has 2 fully saturated rings. The van der Waals surface area contributed by atoms with Crippen molar-refractivity contribution in [1.29, 1.82) is 0 Å². The number of Topliss-reactive ketones (excluding diaryl/α,β-unsaturated/α-hetero) is 1. The van der Waals surface area contributed by atoms with Gasteiger partial charge in [0, 0.05) is 13.0 Å². The van der Waals surface area contributed by atoms with Gasteiger partial charge in [-0.25, -0.2) is 0 Å². The summed E-state index contributed by atoms with van der Waals surface area (Å²) in [4.78, 5) is 24.3. The highest BCUT2D eigenvalue weighted by Crippen LogP contribution is 2.39. The highest BCUT2D eigenvalue weighted by Gasteiger charge is 2.53. The summed E-state index contributed by atoms with van der Waals surface area (Å²) in [6.45, 7) is -0.402. The molecule has 3 aliphatic rings. The Morgan fingerprint density at radius 2 is 1.64 bits per heavy atom. The number of benzene rings is 2. The molecule has 6 N–H and O–H groups in total. The zero-order valence-electron chi connectivity index (χ0n) is 22.4. The van der Waals surface area contributed by atoms with Crippen molar-refractivity contribution in [3.63, 3.8) is 0 Å². The summed E-state index contributed by atoms with van der Waals surface area (Å²) in [7, 11) is 0. The zero-order valence-corrected chi connectivity index (χ0v) is 22.4. The van der Waals surface area contributed by atoms with E-state index in [4.69, 9.17) is 28.4 Å². The normalized spacial score (nSPS) is 34.3. The van der Waals surface area contributed by atoms with Crippen LogP contribution in [0.1, 0.15) is 35.4 Å². The van der Waals surface area contributed by atoms with Crippen LogP contribution in [0, 0.1) is 0 Å². The van der Waals surface area contributed by atoms with Crippen molar-refractivity contribution in [1.82, 2.24) is 0 Å². The van der Waals surface area contributed by atoms with E-state index in [2.05, 4.69) is 0 Å². The number of hydrogen-bond acceptors (Lipinski definition) is 14. The number of esters is 1. The number of ether oxygens (including phenoxy) is 6. The molecule has 228 valence electrons. The molecule has 0 aromatic heterocycles. The molecule has 42 heavy (non-hydrogen) atoms. The lowest BCUT2D eigenvalue weighted by Gasteiger charge is -2.39. The zero-order chi connectivity index (χ0) is 30.2. The van der Waals surface area contributed by atoms with Crippen LogP contribution in [-0.2, 0) is 19.0 Å². The molecule has 2 aromatic carbocycles. The second kappa shape index (κ2) is 12.1. The second-order valence-corrected chi connectivity index (χ2v) is 10.3. The largest absolute Gasteiger partial charge is 0.484 e. The van der Waals surface area contributed by atoms with E-state index in [-0.39, 0.29) is 36.1 Å². The quantitative estimate of drug-likeness (QED) is 0.202. The van der Waals surface area contributed by atoms with E-state index in [0.29, 0.717) is 11.1 Å². The van der Waals surface area contributed by atoms with Gasteiger partial charge >= 0.3 is 5.97 Å². The van der Waals surface area contributed by atoms with Gasteiger partial charge in [-0.1, -0.05) is 12.1 Å². The third kappa shape index (κ3) is 5.80. The Kier molecular flexibility index (Phi) is 8.68. The highest BCUT2D eigenvalue weighted by molar-refractivity contribution is 6.00. The lowest BCUT2D eigenvalue weighted by Crippen LogP contribution is -2.60. The molecule has 2 aromatic rings. The van der Waals surface area contributed by atoms with Crippen LogP contribution < -0.4 is 14.2 Å². The van der Waals surface area contributed by atoms with Gasteiger partial charge in [-0.3, -0.25) is 9.59 Å². The van der Waals surface area contributed by atoms with Crippen molar-refractivity contribution < 1.29 is 68.6 Å². The molecule has 0 aliphatic carbocycles. The first-order valence-corrected chi connectivity index (χ1v) is 13.2. The van der Waals surface area contributed by atoms with Gasteiger partial charge in [-0.05, 0) is 29.8 Å². The Hall–Kier alpha value is -3.34. The van der Waals surface area contributed by atoms with E-state index in [1.807, 2.05) is 0 Å². The first kappa shape index (κ1) is 30.1. The fraction of sp³-hybridized carbons (Fsp3) is 0.500. The number of aliphatic hydroxyl groups excluding tert-OH is 6. The first-order valence-electron chi connectivity index (χ1n) is 13.2. The van der Waals surface area contributed by atoms with Crippen LogP contribution in [0.2, 0.25) is 0 Å². The minimum atomic E-state index is -1.67. The third-order valence-electron chi connectivity index (χ3n) is 7.40. The molecule has 0 spiro atoms. The molecule has 0 amide bonds. The third-order valence-corrected chi connectivity index (χ3v) is 7.40. The van der Waals surface area contributed by atoms with Crippen molar-refractivity contribution in [3.05, 3.63) is 53.6 Å². The van der Waals surface area contributed by atoms with Crippen LogP contribution in [-0.4, -0.2) is 111 Å². The van der Waals surface area contributed by atoms with Crippen LogP contribution in [0.5, 0.6) is 17.2 Å². The molecule has 2 saturated heterocycles. The molecule has 0 bridgehead atoms. The molecule has 14 nitrogen and oxygen atoms in total. The fourth-order valence-electron chi connectivity index (χ4n) is 5.05. The molecule has 4 unspecified atom stereocenters. The maximum Gasteiger partial charge on any atom is 0.303 e.